The largest absolute Gasteiger partial charge is 0.573 e. The fourth-order valence-electron chi connectivity index (χ4n) is 2.72. The van der Waals surface area contributed by atoms with Crippen molar-refractivity contribution in [2.24, 2.45) is 0 Å². The smallest absolute Gasteiger partial charge is 0.406 e. The molecule has 1 N–H and O–H groups in total. The van der Waals surface area contributed by atoms with Crippen molar-refractivity contribution in [1.82, 2.24) is 15.1 Å². The number of amides is 2. The van der Waals surface area contributed by atoms with Crippen molar-refractivity contribution >= 4 is 11.8 Å². The maximum atomic E-state index is 12.1. The number of carbonyl (C=O) groups excluding carboxylic acids is 2. The Kier molecular flexibility index (Phi) is 6.84. The molecule has 1 fully saturated rings. The number of halogens is 3. The Hall–Kier alpha value is -2.29. The Labute approximate surface area is 149 Å². The van der Waals surface area contributed by atoms with E-state index in [4.69, 9.17) is 0 Å². The van der Waals surface area contributed by atoms with Gasteiger partial charge in [-0.3, -0.25) is 14.5 Å². The minimum atomic E-state index is -4.72. The highest BCUT2D eigenvalue weighted by Crippen LogP contribution is 2.22. The Morgan fingerprint density at radius 2 is 1.81 bits per heavy atom. The van der Waals surface area contributed by atoms with Crippen molar-refractivity contribution in [2.75, 3.05) is 33.2 Å². The minimum absolute atomic E-state index is 0.0177. The van der Waals surface area contributed by atoms with Crippen LogP contribution in [0.15, 0.2) is 24.3 Å². The van der Waals surface area contributed by atoms with E-state index in [-0.39, 0.29) is 30.7 Å². The average molecular weight is 373 g/mol. The normalized spacial score (nSPS) is 14.6. The van der Waals surface area contributed by atoms with Crippen LogP contribution in [0.4, 0.5) is 13.2 Å². The number of nitrogens with zero attached hydrogens (tertiary/aromatic N) is 2. The molecule has 0 saturated carbocycles. The van der Waals surface area contributed by atoms with Gasteiger partial charge in [0.05, 0.1) is 13.1 Å². The minimum Gasteiger partial charge on any atom is -0.406 e. The maximum Gasteiger partial charge on any atom is 0.573 e. The van der Waals surface area contributed by atoms with E-state index >= 15 is 0 Å². The van der Waals surface area contributed by atoms with Crippen molar-refractivity contribution < 1.29 is 27.5 Å². The number of alkyl halides is 3. The van der Waals surface area contributed by atoms with Crippen LogP contribution in [0.3, 0.4) is 0 Å². The number of rotatable bonds is 7. The quantitative estimate of drug-likeness (QED) is 0.791. The molecule has 1 saturated heterocycles. The first-order chi connectivity index (χ1) is 12.2. The number of ether oxygens (including phenoxy) is 1. The van der Waals surface area contributed by atoms with Gasteiger partial charge < -0.3 is 15.0 Å². The average Bonchev–Trinajstić information content (AvgIpc) is 3.07. The predicted octanol–water partition coefficient (Wildman–Crippen LogP) is 1.76. The molecule has 0 bridgehead atoms. The molecule has 1 aromatic carbocycles. The Morgan fingerprint density at radius 1 is 1.19 bits per heavy atom. The van der Waals surface area contributed by atoms with Crippen LogP contribution >= 0.6 is 0 Å². The lowest BCUT2D eigenvalue weighted by molar-refractivity contribution is -0.274. The highest BCUT2D eigenvalue weighted by Gasteiger charge is 2.30. The number of benzene rings is 1. The molecule has 6 nitrogen and oxygen atoms in total. The molecule has 26 heavy (non-hydrogen) atoms. The van der Waals surface area contributed by atoms with Crippen molar-refractivity contribution in [3.8, 4) is 5.75 Å². The van der Waals surface area contributed by atoms with Gasteiger partial charge in [0, 0.05) is 19.6 Å². The van der Waals surface area contributed by atoms with E-state index in [1.54, 1.807) is 16.8 Å². The van der Waals surface area contributed by atoms with Crippen molar-refractivity contribution in [1.29, 1.82) is 0 Å². The Balaban J connectivity index is 1.72. The van der Waals surface area contributed by atoms with Crippen molar-refractivity contribution in [3.05, 3.63) is 29.8 Å². The van der Waals surface area contributed by atoms with Crippen LogP contribution in [0.5, 0.6) is 5.75 Å². The molecule has 1 aliphatic rings. The van der Waals surface area contributed by atoms with Crippen LogP contribution in [0.1, 0.15) is 18.4 Å². The number of likely N-dealkylation sites (tertiary alicyclic amines) is 1. The zero-order valence-corrected chi connectivity index (χ0v) is 14.5. The van der Waals surface area contributed by atoms with E-state index < -0.39 is 6.36 Å². The Bertz CT molecular complexity index is 614. The monoisotopic (exact) mass is 373 g/mol. The number of hydrogen-bond acceptors (Lipinski definition) is 4. The fraction of sp³-hybridized carbons (Fsp3) is 0.529. The van der Waals surface area contributed by atoms with Crippen molar-refractivity contribution in [3.63, 3.8) is 0 Å². The van der Waals surface area contributed by atoms with Crippen LogP contribution in [0.2, 0.25) is 0 Å². The molecule has 9 heteroatoms. The van der Waals surface area contributed by atoms with E-state index in [9.17, 15) is 22.8 Å². The molecule has 2 amide bonds. The van der Waals surface area contributed by atoms with Crippen LogP contribution in [0.25, 0.3) is 0 Å². The van der Waals surface area contributed by atoms with Crippen LogP contribution in [-0.4, -0.2) is 61.2 Å². The summed E-state index contributed by atoms with van der Waals surface area (Å²) >= 11 is 0. The van der Waals surface area contributed by atoms with Gasteiger partial charge in [0.15, 0.2) is 0 Å². The standard InChI is InChI=1S/C17H22F3N3O3/c1-22(11-13-4-6-14(7-5-13)26-17(18,19)20)12-15(24)21-10-16(25)23-8-2-3-9-23/h4-7H,2-3,8-12H2,1H3,(H,21,24). The zero-order chi connectivity index (χ0) is 19.2. The van der Waals surface area contributed by atoms with Gasteiger partial charge in [-0.25, -0.2) is 0 Å². The molecule has 1 heterocycles. The summed E-state index contributed by atoms with van der Waals surface area (Å²) in [6, 6.07) is 5.47. The molecule has 2 rings (SSSR count). The molecule has 0 radical (unpaired) electrons. The summed E-state index contributed by atoms with van der Waals surface area (Å²) in [7, 11) is 1.71. The van der Waals surface area contributed by atoms with Gasteiger partial charge in [0.1, 0.15) is 5.75 Å². The van der Waals surface area contributed by atoms with E-state index in [1.807, 2.05) is 0 Å². The van der Waals surface area contributed by atoms with Crippen LogP contribution in [-0.2, 0) is 16.1 Å². The molecule has 0 spiro atoms. The van der Waals surface area contributed by atoms with E-state index in [1.165, 1.54) is 24.3 Å². The number of carbonyl (C=O) groups is 2. The zero-order valence-electron chi connectivity index (χ0n) is 14.5. The van der Waals surface area contributed by atoms with Crippen LogP contribution in [0, 0.1) is 0 Å². The molecule has 0 atom stereocenters. The van der Waals surface area contributed by atoms with E-state index in [0.717, 1.165) is 31.5 Å². The number of hydrogen-bond donors (Lipinski definition) is 1. The summed E-state index contributed by atoms with van der Waals surface area (Å²) < 4.78 is 40.2. The van der Waals surface area contributed by atoms with E-state index in [2.05, 4.69) is 10.1 Å². The van der Waals surface area contributed by atoms with Gasteiger partial charge in [0.2, 0.25) is 11.8 Å². The third-order valence-electron chi connectivity index (χ3n) is 3.92. The molecule has 0 aromatic heterocycles. The molecule has 0 unspecified atom stereocenters. The second-order valence-electron chi connectivity index (χ2n) is 6.23. The van der Waals surface area contributed by atoms with Gasteiger partial charge in [-0.15, -0.1) is 13.2 Å². The third kappa shape index (κ3) is 6.91. The van der Waals surface area contributed by atoms with E-state index in [0.29, 0.717) is 6.54 Å². The molecule has 1 aliphatic heterocycles. The van der Waals surface area contributed by atoms with Gasteiger partial charge in [-0.2, -0.15) is 0 Å². The molecular formula is C17H22F3N3O3. The predicted molar refractivity (Wildman–Crippen MR) is 88.3 cm³/mol. The number of likely N-dealkylation sites (N-methyl/N-ethyl adjacent to an activating group) is 1. The van der Waals surface area contributed by atoms with Gasteiger partial charge in [-0.05, 0) is 37.6 Å². The first-order valence-electron chi connectivity index (χ1n) is 8.30. The third-order valence-corrected chi connectivity index (χ3v) is 3.92. The lowest BCUT2D eigenvalue weighted by atomic mass is 10.2. The number of nitrogens with one attached hydrogen (secondary N) is 1. The summed E-state index contributed by atoms with van der Waals surface area (Å²) in [5.41, 5.74) is 0.739. The van der Waals surface area contributed by atoms with Crippen LogP contribution < -0.4 is 10.1 Å². The Morgan fingerprint density at radius 3 is 2.38 bits per heavy atom. The molecule has 1 aromatic rings. The summed E-state index contributed by atoms with van der Waals surface area (Å²) in [5, 5.41) is 2.59. The highest BCUT2D eigenvalue weighted by atomic mass is 19.4. The first-order valence-corrected chi connectivity index (χ1v) is 8.30. The highest BCUT2D eigenvalue weighted by molar-refractivity contribution is 5.85. The maximum absolute atomic E-state index is 12.1. The van der Waals surface area contributed by atoms with Gasteiger partial charge in [0.25, 0.3) is 0 Å². The lowest BCUT2D eigenvalue weighted by Gasteiger charge is -2.18. The molecule has 0 aliphatic carbocycles. The first kappa shape index (κ1) is 20.0. The molecular weight excluding hydrogens is 351 g/mol. The van der Waals surface area contributed by atoms with Crippen molar-refractivity contribution in [2.45, 2.75) is 25.7 Å². The lowest BCUT2D eigenvalue weighted by Crippen LogP contribution is -2.42. The second-order valence-corrected chi connectivity index (χ2v) is 6.23. The van der Waals surface area contributed by atoms with Gasteiger partial charge in [-0.1, -0.05) is 12.1 Å². The summed E-state index contributed by atoms with van der Waals surface area (Å²) in [4.78, 5) is 27.2. The SMILES string of the molecule is CN(CC(=O)NCC(=O)N1CCCC1)Cc1ccc(OC(F)(F)F)cc1. The second kappa shape index (κ2) is 8.88. The van der Waals surface area contributed by atoms with Gasteiger partial charge >= 0.3 is 6.36 Å². The topological polar surface area (TPSA) is 61.9 Å². The molecule has 144 valence electrons. The summed E-state index contributed by atoms with van der Waals surface area (Å²) in [5.74, 6) is -0.655. The summed E-state index contributed by atoms with van der Waals surface area (Å²) in [6.07, 6.45) is -2.73. The summed E-state index contributed by atoms with van der Waals surface area (Å²) in [6.45, 7) is 1.91. The fourth-order valence-corrected chi connectivity index (χ4v) is 2.72.